The van der Waals surface area contributed by atoms with Crippen molar-refractivity contribution in [1.29, 1.82) is 0 Å². The van der Waals surface area contributed by atoms with Crippen molar-refractivity contribution in [3.05, 3.63) is 70.8 Å². The highest BCUT2D eigenvalue weighted by Gasteiger charge is 2.60. The first-order valence-corrected chi connectivity index (χ1v) is 9.52. The Morgan fingerprint density at radius 3 is 2.36 bits per heavy atom. The maximum atomic E-state index is 12.9. The first-order chi connectivity index (χ1) is 13.0. The highest BCUT2D eigenvalue weighted by molar-refractivity contribution is 6.30. The van der Waals surface area contributed by atoms with Crippen molar-refractivity contribution in [2.75, 3.05) is 0 Å². The fourth-order valence-electron chi connectivity index (χ4n) is 3.96. The molecule has 0 amide bonds. The van der Waals surface area contributed by atoms with Crippen LogP contribution in [0.15, 0.2) is 59.6 Å². The third-order valence-corrected chi connectivity index (χ3v) is 6.09. The number of carbonyl (C=O) groups excluding carboxylic acids is 1. The van der Waals surface area contributed by atoms with E-state index in [1.54, 1.807) is 0 Å². The molecule has 2 unspecified atom stereocenters. The third kappa shape index (κ3) is 4.02. The largest absolute Gasteiger partial charge is 0.426 e. The van der Waals surface area contributed by atoms with Crippen molar-refractivity contribution in [1.82, 2.24) is 0 Å². The predicted octanol–water partition coefficient (Wildman–Crippen LogP) is 6.73. The van der Waals surface area contributed by atoms with Gasteiger partial charge in [0.05, 0.1) is 0 Å². The molecule has 1 saturated carbocycles. The Balaban J connectivity index is 1.81. The fourth-order valence-corrected chi connectivity index (χ4v) is 4.09. The predicted molar refractivity (Wildman–Crippen MR) is 106 cm³/mol. The topological polar surface area (TPSA) is 17.1 Å². The van der Waals surface area contributed by atoms with Crippen LogP contribution < -0.4 is 0 Å². The van der Waals surface area contributed by atoms with Gasteiger partial charge in [-0.2, -0.15) is 13.2 Å². The van der Waals surface area contributed by atoms with Gasteiger partial charge in [-0.05, 0) is 40.5 Å². The molecule has 2 atom stereocenters. The van der Waals surface area contributed by atoms with E-state index in [0.29, 0.717) is 0 Å². The molecule has 0 saturated heterocycles. The maximum absolute atomic E-state index is 12.9. The summed E-state index contributed by atoms with van der Waals surface area (Å²) < 4.78 is 38.2. The van der Waals surface area contributed by atoms with Gasteiger partial charge in [0.15, 0.2) is 0 Å². The minimum Gasteiger partial charge on any atom is -0.299 e. The van der Waals surface area contributed by atoms with E-state index in [0.717, 1.165) is 28.3 Å². The van der Waals surface area contributed by atoms with Crippen molar-refractivity contribution in [2.24, 2.45) is 17.3 Å². The third-order valence-electron chi connectivity index (χ3n) is 5.75. The fraction of sp³-hybridized carbons (Fsp3) is 0.348. The molecule has 0 radical (unpaired) electrons. The number of allylic oxidation sites excluding steroid dienone is 2. The maximum Gasteiger partial charge on any atom is 0.426 e. The van der Waals surface area contributed by atoms with Crippen LogP contribution in [0.5, 0.6) is 0 Å². The summed E-state index contributed by atoms with van der Waals surface area (Å²) in [7, 11) is 0. The number of halogens is 4. The molecule has 2 aromatic carbocycles. The van der Waals surface area contributed by atoms with E-state index in [2.05, 4.69) is 0 Å². The number of Topliss-reactive ketones (excluding diaryl/α,β-unsaturated/α-hetero) is 1. The molecule has 0 heterocycles. The van der Waals surface area contributed by atoms with E-state index in [4.69, 9.17) is 11.6 Å². The lowest BCUT2D eigenvalue weighted by atomic mass is 9.92. The number of hydrogen-bond donors (Lipinski definition) is 0. The molecule has 0 N–H and O–H groups in total. The second-order valence-electron chi connectivity index (χ2n) is 7.94. The summed E-state index contributed by atoms with van der Waals surface area (Å²) in [5, 5.41) is -1.15. The Morgan fingerprint density at radius 2 is 1.75 bits per heavy atom. The number of hydrogen-bond acceptors (Lipinski definition) is 1. The summed E-state index contributed by atoms with van der Waals surface area (Å²) >= 11 is 5.39. The van der Waals surface area contributed by atoms with Crippen molar-refractivity contribution in [2.45, 2.75) is 33.4 Å². The Kier molecular flexibility index (Phi) is 5.46. The van der Waals surface area contributed by atoms with Crippen molar-refractivity contribution >= 4 is 17.4 Å². The molecule has 2 aromatic rings. The molecule has 28 heavy (non-hydrogen) atoms. The van der Waals surface area contributed by atoms with Crippen LogP contribution in [0.2, 0.25) is 0 Å². The van der Waals surface area contributed by atoms with E-state index in [1.165, 1.54) is 0 Å². The standard InChI is InChI=1S/C23H22ClF3O/c1-14-16(10-7-11-17(14)15-8-5-4-6-9-15)12-19(28)21-18(22(21,2)3)13-20(24)23(25,26)27/h4-11,13,18,21H,12H2,1-3H3. The van der Waals surface area contributed by atoms with Crippen LogP contribution in [0.1, 0.15) is 25.0 Å². The van der Waals surface area contributed by atoms with E-state index in [1.807, 2.05) is 69.3 Å². The molecule has 3 rings (SSSR count). The van der Waals surface area contributed by atoms with Crippen LogP contribution in [-0.2, 0) is 11.2 Å². The summed E-state index contributed by atoms with van der Waals surface area (Å²) in [4.78, 5) is 12.9. The van der Waals surface area contributed by atoms with Crippen LogP contribution >= 0.6 is 11.6 Å². The van der Waals surface area contributed by atoms with E-state index < -0.39 is 28.5 Å². The Bertz CT molecular complexity index is 913. The molecule has 0 aliphatic heterocycles. The molecular weight excluding hydrogens is 385 g/mol. The number of ketones is 1. The van der Waals surface area contributed by atoms with Gasteiger partial charge in [0.25, 0.3) is 0 Å². The normalized spacial score (nSPS) is 21.5. The van der Waals surface area contributed by atoms with E-state index in [9.17, 15) is 18.0 Å². The second-order valence-corrected chi connectivity index (χ2v) is 8.34. The molecule has 0 bridgehead atoms. The van der Waals surface area contributed by atoms with Crippen LogP contribution in [-0.4, -0.2) is 12.0 Å². The lowest BCUT2D eigenvalue weighted by Gasteiger charge is -2.12. The monoisotopic (exact) mass is 406 g/mol. The first-order valence-electron chi connectivity index (χ1n) is 9.14. The van der Waals surface area contributed by atoms with Gasteiger partial charge >= 0.3 is 6.18 Å². The van der Waals surface area contributed by atoms with Gasteiger partial charge in [0.1, 0.15) is 10.8 Å². The van der Waals surface area contributed by atoms with Gasteiger partial charge in [-0.25, -0.2) is 0 Å². The number of rotatable bonds is 5. The smallest absolute Gasteiger partial charge is 0.299 e. The molecule has 1 nitrogen and oxygen atoms in total. The van der Waals surface area contributed by atoms with Crippen molar-refractivity contribution < 1.29 is 18.0 Å². The highest BCUT2D eigenvalue weighted by Crippen LogP contribution is 2.60. The zero-order valence-corrected chi connectivity index (χ0v) is 16.7. The average Bonchev–Trinajstić information content (AvgIpc) is 3.17. The zero-order chi connectivity index (χ0) is 20.7. The molecule has 0 aromatic heterocycles. The summed E-state index contributed by atoms with van der Waals surface area (Å²) in [6, 6.07) is 15.7. The number of benzene rings is 2. The average molecular weight is 407 g/mol. The Labute approximate surface area is 168 Å². The van der Waals surface area contributed by atoms with Gasteiger partial charge in [0, 0.05) is 12.3 Å². The lowest BCUT2D eigenvalue weighted by Crippen LogP contribution is -2.11. The van der Waals surface area contributed by atoms with Gasteiger partial charge in [-0.15, -0.1) is 0 Å². The van der Waals surface area contributed by atoms with Gasteiger partial charge in [-0.1, -0.05) is 80.1 Å². The zero-order valence-electron chi connectivity index (χ0n) is 16.0. The second kappa shape index (κ2) is 7.40. The first kappa shape index (κ1) is 20.7. The van der Waals surface area contributed by atoms with Crippen LogP contribution in [0.4, 0.5) is 13.2 Å². The molecule has 0 spiro atoms. The van der Waals surface area contributed by atoms with Gasteiger partial charge in [-0.3, -0.25) is 4.79 Å². The quantitative estimate of drug-likeness (QED) is 0.538. The van der Waals surface area contributed by atoms with Crippen molar-refractivity contribution in [3.63, 3.8) is 0 Å². The molecule has 148 valence electrons. The minimum atomic E-state index is -4.57. The van der Waals surface area contributed by atoms with Crippen LogP contribution in [0.3, 0.4) is 0 Å². The minimum absolute atomic E-state index is 0.0498. The Hall–Kier alpha value is -2.07. The number of carbonyl (C=O) groups is 1. The van der Waals surface area contributed by atoms with Crippen LogP contribution in [0, 0.1) is 24.2 Å². The number of alkyl halides is 3. The van der Waals surface area contributed by atoms with Gasteiger partial charge in [0.2, 0.25) is 0 Å². The Morgan fingerprint density at radius 1 is 1.11 bits per heavy atom. The highest BCUT2D eigenvalue weighted by atomic mass is 35.5. The van der Waals surface area contributed by atoms with Gasteiger partial charge < -0.3 is 0 Å². The van der Waals surface area contributed by atoms with E-state index >= 15 is 0 Å². The molecule has 1 aliphatic carbocycles. The summed E-state index contributed by atoms with van der Waals surface area (Å²) in [6.07, 6.45) is -3.37. The van der Waals surface area contributed by atoms with E-state index in [-0.39, 0.29) is 12.2 Å². The summed E-state index contributed by atoms with van der Waals surface area (Å²) in [5.74, 6) is -0.999. The molecule has 1 aliphatic rings. The molecule has 5 heteroatoms. The molecular formula is C23H22ClF3O. The molecule has 1 fully saturated rings. The van der Waals surface area contributed by atoms with Crippen molar-refractivity contribution in [3.8, 4) is 11.1 Å². The summed E-state index contributed by atoms with van der Waals surface area (Å²) in [5.41, 5.74) is 3.52. The van der Waals surface area contributed by atoms with Crippen LogP contribution in [0.25, 0.3) is 11.1 Å². The summed E-state index contributed by atoms with van der Waals surface area (Å²) in [6.45, 7) is 5.59. The SMILES string of the molecule is Cc1c(CC(=O)C2C(C=C(Cl)C(F)(F)F)C2(C)C)cccc1-c1ccccc1. The lowest BCUT2D eigenvalue weighted by molar-refractivity contribution is -0.120.